The average Bonchev–Trinajstić information content (AvgIpc) is 2.73. The lowest BCUT2D eigenvalue weighted by Gasteiger charge is -2.16. The molecule has 0 unspecified atom stereocenters. The van der Waals surface area contributed by atoms with E-state index in [4.69, 9.17) is 0 Å². The van der Waals surface area contributed by atoms with Gasteiger partial charge in [0, 0.05) is 0 Å². The third kappa shape index (κ3) is 4.04. The Morgan fingerprint density at radius 2 is 0.900 bits per heavy atom. The second-order valence-electron chi connectivity index (χ2n) is 8.27. The van der Waals surface area contributed by atoms with Gasteiger partial charge in [-0.2, -0.15) is 0 Å². The maximum atomic E-state index is 9.85. The molecule has 4 rings (SSSR count). The van der Waals surface area contributed by atoms with Gasteiger partial charge in [0.25, 0.3) is 0 Å². The van der Waals surface area contributed by atoms with Gasteiger partial charge in [0.2, 0.25) is 0 Å². The minimum atomic E-state index is 0.344. The molecule has 0 heterocycles. The van der Waals surface area contributed by atoms with Gasteiger partial charge in [-0.15, -0.1) is 0 Å². The summed E-state index contributed by atoms with van der Waals surface area (Å²) in [5.41, 5.74) is 12.6. The summed E-state index contributed by atoms with van der Waals surface area (Å²) in [5.74, 6) is 0.344. The molecular weight excluding hydrogens is 363 g/mol. The molecule has 148 valence electrons. The van der Waals surface area contributed by atoms with E-state index in [1.807, 2.05) is 18.2 Å². The quantitative estimate of drug-likeness (QED) is 0.466. The second kappa shape index (κ2) is 8.24. The van der Waals surface area contributed by atoms with E-state index >= 15 is 0 Å². The van der Waals surface area contributed by atoms with Crippen molar-refractivity contribution < 1.29 is 5.11 Å². The zero-order valence-electron chi connectivity index (χ0n) is 18.2. The number of benzene rings is 4. The van der Waals surface area contributed by atoms with E-state index < -0.39 is 0 Å². The lowest BCUT2D eigenvalue weighted by atomic mass is 9.58. The first-order valence-electron chi connectivity index (χ1n) is 10.5. The molecule has 0 atom stereocenters. The second-order valence-corrected chi connectivity index (χ2v) is 8.27. The Hall–Kier alpha value is -3.26. The standard InChI is InChI=1S/C28H27BO/c1-18-14-25(24-12-10-23(11-13-24)22-8-6-5-7-9-22)15-19(2)27(18)29-28-20(3)16-26(30)17-21(28)4/h5-17,29-30H,1-4H3. The molecule has 0 aliphatic carbocycles. The molecule has 4 aromatic rings. The summed E-state index contributed by atoms with van der Waals surface area (Å²) in [6.07, 6.45) is 0. The zero-order valence-corrected chi connectivity index (χ0v) is 18.2. The monoisotopic (exact) mass is 390 g/mol. The van der Waals surface area contributed by atoms with E-state index in [0.717, 1.165) is 18.4 Å². The van der Waals surface area contributed by atoms with Crippen LogP contribution in [0.5, 0.6) is 5.75 Å². The number of phenolic OH excluding ortho intramolecular Hbond substituents is 1. The molecule has 0 aliphatic heterocycles. The van der Waals surface area contributed by atoms with Crippen LogP contribution in [-0.4, -0.2) is 12.4 Å². The Morgan fingerprint density at radius 1 is 0.500 bits per heavy atom. The molecular formula is C28H27BO. The van der Waals surface area contributed by atoms with Crippen LogP contribution in [0, 0.1) is 27.7 Å². The molecule has 0 amide bonds. The third-order valence-electron chi connectivity index (χ3n) is 6.06. The number of hydrogen-bond donors (Lipinski definition) is 1. The van der Waals surface area contributed by atoms with Crippen LogP contribution >= 0.6 is 0 Å². The first kappa shape index (κ1) is 20.0. The lowest BCUT2D eigenvalue weighted by Crippen LogP contribution is -2.34. The van der Waals surface area contributed by atoms with Crippen LogP contribution < -0.4 is 10.9 Å². The van der Waals surface area contributed by atoms with Crippen molar-refractivity contribution in [1.29, 1.82) is 0 Å². The van der Waals surface area contributed by atoms with Crippen molar-refractivity contribution in [2.75, 3.05) is 0 Å². The molecule has 1 N–H and O–H groups in total. The van der Waals surface area contributed by atoms with Crippen LogP contribution in [0.2, 0.25) is 0 Å². The van der Waals surface area contributed by atoms with Gasteiger partial charge in [0.1, 0.15) is 5.75 Å². The summed E-state index contributed by atoms with van der Waals surface area (Å²) in [6.45, 7) is 8.56. The van der Waals surface area contributed by atoms with Gasteiger partial charge in [0.05, 0.1) is 0 Å². The van der Waals surface area contributed by atoms with Gasteiger partial charge < -0.3 is 5.11 Å². The number of hydrogen-bond acceptors (Lipinski definition) is 1. The van der Waals surface area contributed by atoms with Crippen molar-refractivity contribution in [3.63, 3.8) is 0 Å². The van der Waals surface area contributed by atoms with E-state index in [-0.39, 0.29) is 0 Å². The van der Waals surface area contributed by atoms with Gasteiger partial charge in [0.15, 0.2) is 7.28 Å². The summed E-state index contributed by atoms with van der Waals surface area (Å²) in [7, 11) is 0.892. The minimum absolute atomic E-state index is 0.344. The van der Waals surface area contributed by atoms with E-state index in [1.165, 1.54) is 44.3 Å². The number of aryl methyl sites for hydroxylation is 4. The molecule has 0 bridgehead atoms. The van der Waals surface area contributed by atoms with Gasteiger partial charge in [-0.25, -0.2) is 0 Å². The van der Waals surface area contributed by atoms with Crippen molar-refractivity contribution in [1.82, 2.24) is 0 Å². The summed E-state index contributed by atoms with van der Waals surface area (Å²) in [6, 6.07) is 27.6. The zero-order chi connectivity index (χ0) is 21.3. The Balaban J connectivity index is 1.65. The molecule has 0 aliphatic rings. The Kier molecular flexibility index (Phi) is 5.50. The van der Waals surface area contributed by atoms with Crippen LogP contribution in [0.25, 0.3) is 22.3 Å². The van der Waals surface area contributed by atoms with Crippen LogP contribution in [0.4, 0.5) is 0 Å². The first-order valence-corrected chi connectivity index (χ1v) is 10.5. The fourth-order valence-corrected chi connectivity index (χ4v) is 4.35. The third-order valence-corrected chi connectivity index (χ3v) is 6.06. The lowest BCUT2D eigenvalue weighted by molar-refractivity contribution is 0.474. The van der Waals surface area contributed by atoms with E-state index in [9.17, 15) is 5.11 Å². The molecule has 0 saturated heterocycles. The van der Waals surface area contributed by atoms with Crippen molar-refractivity contribution in [3.05, 3.63) is 101 Å². The first-order chi connectivity index (χ1) is 14.4. The van der Waals surface area contributed by atoms with Crippen LogP contribution in [0.3, 0.4) is 0 Å². The SMILES string of the molecule is Cc1cc(O)cc(C)c1Bc1c(C)cc(-c2ccc(-c3ccccc3)cc2)cc1C. The normalized spacial score (nSPS) is 10.8. The Labute approximate surface area is 180 Å². The molecule has 0 aromatic heterocycles. The fourth-order valence-electron chi connectivity index (χ4n) is 4.35. The highest BCUT2D eigenvalue weighted by atomic mass is 16.3. The molecule has 0 spiro atoms. The van der Waals surface area contributed by atoms with Gasteiger partial charge in [-0.3, -0.25) is 0 Å². The highest BCUT2D eigenvalue weighted by molar-refractivity contribution is 6.69. The highest BCUT2D eigenvalue weighted by Crippen LogP contribution is 2.26. The van der Waals surface area contributed by atoms with Crippen LogP contribution in [0.15, 0.2) is 78.9 Å². The smallest absolute Gasteiger partial charge is 0.193 e. The molecule has 4 aromatic carbocycles. The van der Waals surface area contributed by atoms with E-state index in [1.54, 1.807) is 0 Å². The predicted octanol–water partition coefficient (Wildman–Crippen LogP) is 5.35. The number of phenols is 1. The summed E-state index contributed by atoms with van der Waals surface area (Å²) >= 11 is 0. The van der Waals surface area contributed by atoms with Crippen molar-refractivity contribution in [2.24, 2.45) is 0 Å². The van der Waals surface area contributed by atoms with E-state index in [0.29, 0.717) is 5.75 Å². The van der Waals surface area contributed by atoms with Gasteiger partial charge in [-0.05, 0) is 62.1 Å². The van der Waals surface area contributed by atoms with Gasteiger partial charge >= 0.3 is 0 Å². The van der Waals surface area contributed by atoms with Crippen LogP contribution in [0.1, 0.15) is 22.3 Å². The van der Waals surface area contributed by atoms with Crippen LogP contribution in [-0.2, 0) is 0 Å². The van der Waals surface area contributed by atoms with Crippen molar-refractivity contribution in [3.8, 4) is 28.0 Å². The summed E-state index contributed by atoms with van der Waals surface area (Å²) in [5, 5.41) is 9.85. The summed E-state index contributed by atoms with van der Waals surface area (Å²) in [4.78, 5) is 0. The molecule has 30 heavy (non-hydrogen) atoms. The molecule has 2 heteroatoms. The fraction of sp³-hybridized carbons (Fsp3) is 0.143. The van der Waals surface area contributed by atoms with E-state index in [2.05, 4.69) is 88.4 Å². The molecule has 0 fully saturated rings. The number of rotatable bonds is 4. The molecule has 1 nitrogen and oxygen atoms in total. The van der Waals surface area contributed by atoms with Crippen molar-refractivity contribution in [2.45, 2.75) is 27.7 Å². The maximum Gasteiger partial charge on any atom is 0.193 e. The highest BCUT2D eigenvalue weighted by Gasteiger charge is 2.13. The largest absolute Gasteiger partial charge is 0.508 e. The maximum absolute atomic E-state index is 9.85. The molecule has 0 radical (unpaired) electrons. The number of aromatic hydroxyl groups is 1. The average molecular weight is 390 g/mol. The van der Waals surface area contributed by atoms with Crippen molar-refractivity contribution >= 4 is 18.2 Å². The molecule has 0 saturated carbocycles. The predicted molar refractivity (Wildman–Crippen MR) is 131 cm³/mol. The Bertz CT molecular complexity index is 1150. The van der Waals surface area contributed by atoms with Gasteiger partial charge in [-0.1, -0.05) is 99.9 Å². The topological polar surface area (TPSA) is 20.2 Å². The Morgan fingerprint density at radius 3 is 1.40 bits per heavy atom. The minimum Gasteiger partial charge on any atom is -0.508 e. The summed E-state index contributed by atoms with van der Waals surface area (Å²) < 4.78 is 0.